The molecule has 0 aliphatic heterocycles. The van der Waals surface area contributed by atoms with Crippen molar-refractivity contribution in [2.75, 3.05) is 5.32 Å². The summed E-state index contributed by atoms with van der Waals surface area (Å²) in [6.07, 6.45) is 5.18. The second-order valence-electron chi connectivity index (χ2n) is 7.00. The fraction of sp³-hybridized carbons (Fsp3) is 0.182. The fourth-order valence-corrected chi connectivity index (χ4v) is 3.80. The van der Waals surface area contributed by atoms with E-state index in [9.17, 15) is 9.59 Å². The molecule has 0 spiro atoms. The van der Waals surface area contributed by atoms with Gasteiger partial charge < -0.3 is 9.73 Å². The minimum Gasteiger partial charge on any atom is -0.455 e. The minimum absolute atomic E-state index is 0.175. The molecule has 31 heavy (non-hydrogen) atoms. The number of hydrazone groups is 1. The molecule has 7 nitrogen and oxygen atoms in total. The number of fused-ring (bicyclic) bond motifs is 1. The lowest BCUT2D eigenvalue weighted by molar-refractivity contribution is 0.0953. The predicted molar refractivity (Wildman–Crippen MR) is 119 cm³/mol. The number of hydrogen-bond acceptors (Lipinski definition) is 5. The number of carbonyl (C=O) groups is 2. The van der Waals surface area contributed by atoms with Gasteiger partial charge in [0.1, 0.15) is 5.76 Å². The van der Waals surface area contributed by atoms with E-state index in [1.165, 1.54) is 6.20 Å². The molecule has 0 saturated heterocycles. The maximum absolute atomic E-state index is 12.9. The van der Waals surface area contributed by atoms with Crippen LogP contribution < -0.4 is 10.7 Å². The van der Waals surface area contributed by atoms with Crippen LogP contribution in [0.2, 0.25) is 10.0 Å². The summed E-state index contributed by atoms with van der Waals surface area (Å²) in [5.41, 5.74) is 5.43. The first-order valence-electron chi connectivity index (χ1n) is 9.60. The second kappa shape index (κ2) is 8.91. The topological polar surface area (TPSA) is 96.6 Å². The van der Waals surface area contributed by atoms with Crippen LogP contribution in [0.4, 0.5) is 5.69 Å². The van der Waals surface area contributed by atoms with Crippen molar-refractivity contribution in [3.8, 4) is 0 Å². The number of benzene rings is 1. The van der Waals surface area contributed by atoms with Crippen LogP contribution >= 0.6 is 23.2 Å². The van der Waals surface area contributed by atoms with E-state index in [2.05, 4.69) is 20.8 Å². The van der Waals surface area contributed by atoms with Gasteiger partial charge in [0, 0.05) is 29.9 Å². The summed E-state index contributed by atoms with van der Waals surface area (Å²) in [5, 5.41) is 7.64. The van der Waals surface area contributed by atoms with Crippen molar-refractivity contribution in [1.82, 2.24) is 10.4 Å². The Balaban J connectivity index is 1.59. The Morgan fingerprint density at radius 1 is 1.13 bits per heavy atom. The lowest BCUT2D eigenvalue weighted by Crippen LogP contribution is -2.22. The van der Waals surface area contributed by atoms with Gasteiger partial charge >= 0.3 is 0 Å². The van der Waals surface area contributed by atoms with Crippen molar-refractivity contribution < 1.29 is 14.0 Å². The third-order valence-corrected chi connectivity index (χ3v) is 5.77. The summed E-state index contributed by atoms with van der Waals surface area (Å²) < 4.78 is 5.87. The van der Waals surface area contributed by atoms with E-state index in [0.717, 1.165) is 12.0 Å². The van der Waals surface area contributed by atoms with Gasteiger partial charge in [-0.15, -0.1) is 0 Å². The molecule has 2 heterocycles. The molecule has 2 amide bonds. The zero-order valence-corrected chi connectivity index (χ0v) is 18.0. The van der Waals surface area contributed by atoms with E-state index < -0.39 is 5.91 Å². The molecule has 4 rings (SSSR count). The van der Waals surface area contributed by atoms with Gasteiger partial charge in [0.05, 0.1) is 27.0 Å². The van der Waals surface area contributed by atoms with Gasteiger partial charge in [-0.05, 0) is 44.0 Å². The SMILES string of the molecule is Cc1c(C(=O)Nc2cccc(Cl)c2Cl)oc2c1/C(=N/NC(=O)c1cccnc1)CCC2. The summed E-state index contributed by atoms with van der Waals surface area (Å²) >= 11 is 12.2. The van der Waals surface area contributed by atoms with Crippen molar-refractivity contribution in [2.24, 2.45) is 5.10 Å². The Kier molecular flexibility index (Phi) is 6.06. The minimum atomic E-state index is -0.435. The zero-order valence-electron chi connectivity index (χ0n) is 16.5. The van der Waals surface area contributed by atoms with Crippen molar-refractivity contribution >= 4 is 46.4 Å². The molecule has 9 heteroatoms. The number of aryl methyl sites for hydroxylation is 1. The normalized spacial score (nSPS) is 14.2. The van der Waals surface area contributed by atoms with Gasteiger partial charge in [0.2, 0.25) is 0 Å². The number of aromatic nitrogens is 1. The third kappa shape index (κ3) is 4.33. The molecule has 3 aromatic rings. The number of halogens is 2. The number of pyridine rings is 1. The van der Waals surface area contributed by atoms with Gasteiger partial charge in [0.25, 0.3) is 11.8 Å². The first kappa shape index (κ1) is 21.1. The van der Waals surface area contributed by atoms with E-state index in [4.69, 9.17) is 27.6 Å². The number of anilines is 1. The molecule has 1 aromatic carbocycles. The van der Waals surface area contributed by atoms with E-state index in [-0.39, 0.29) is 16.7 Å². The smallest absolute Gasteiger partial charge is 0.291 e. The third-order valence-electron chi connectivity index (χ3n) is 4.95. The molecule has 1 aliphatic carbocycles. The Morgan fingerprint density at radius 2 is 1.97 bits per heavy atom. The molecular formula is C22H18Cl2N4O3. The van der Waals surface area contributed by atoms with E-state index in [0.29, 0.717) is 46.2 Å². The highest BCUT2D eigenvalue weighted by molar-refractivity contribution is 6.44. The van der Waals surface area contributed by atoms with E-state index in [1.807, 2.05) is 0 Å². The van der Waals surface area contributed by atoms with Crippen LogP contribution in [-0.4, -0.2) is 22.5 Å². The first-order chi connectivity index (χ1) is 15.0. The molecule has 0 saturated carbocycles. The predicted octanol–water partition coefficient (Wildman–Crippen LogP) is 5.01. The van der Waals surface area contributed by atoms with Crippen LogP contribution in [0.3, 0.4) is 0 Å². The van der Waals surface area contributed by atoms with Gasteiger partial charge in [0.15, 0.2) is 5.76 Å². The van der Waals surface area contributed by atoms with Gasteiger partial charge in [-0.1, -0.05) is 29.3 Å². The van der Waals surface area contributed by atoms with Crippen LogP contribution in [0.5, 0.6) is 0 Å². The molecule has 0 fully saturated rings. The lowest BCUT2D eigenvalue weighted by atomic mass is 9.93. The molecule has 2 aromatic heterocycles. The molecule has 0 radical (unpaired) electrons. The number of rotatable bonds is 4. The molecule has 0 bridgehead atoms. The van der Waals surface area contributed by atoms with E-state index in [1.54, 1.807) is 43.5 Å². The molecule has 0 atom stereocenters. The zero-order chi connectivity index (χ0) is 22.0. The van der Waals surface area contributed by atoms with Crippen LogP contribution in [0, 0.1) is 6.92 Å². The summed E-state index contributed by atoms with van der Waals surface area (Å²) in [6.45, 7) is 1.79. The number of nitrogens with zero attached hydrogens (tertiary/aromatic N) is 2. The number of hydrogen-bond donors (Lipinski definition) is 2. The Bertz CT molecular complexity index is 1190. The molecule has 0 unspecified atom stereocenters. The highest BCUT2D eigenvalue weighted by Crippen LogP contribution is 2.32. The van der Waals surface area contributed by atoms with Crippen molar-refractivity contribution in [3.63, 3.8) is 0 Å². The maximum Gasteiger partial charge on any atom is 0.291 e. The molecular weight excluding hydrogens is 439 g/mol. The first-order valence-corrected chi connectivity index (χ1v) is 10.4. The summed E-state index contributed by atoms with van der Waals surface area (Å²) in [6, 6.07) is 8.32. The lowest BCUT2D eigenvalue weighted by Gasteiger charge is -2.13. The van der Waals surface area contributed by atoms with Gasteiger partial charge in [-0.2, -0.15) is 5.10 Å². The molecule has 2 N–H and O–H groups in total. The monoisotopic (exact) mass is 456 g/mol. The number of furan rings is 1. The Hall–Kier alpha value is -3.16. The van der Waals surface area contributed by atoms with Crippen molar-refractivity contribution in [2.45, 2.75) is 26.2 Å². The average molecular weight is 457 g/mol. The van der Waals surface area contributed by atoms with Crippen LogP contribution in [0.25, 0.3) is 0 Å². The molecule has 158 valence electrons. The van der Waals surface area contributed by atoms with Crippen LogP contribution in [0.1, 0.15) is 50.6 Å². The largest absolute Gasteiger partial charge is 0.455 e. The Morgan fingerprint density at radius 3 is 2.74 bits per heavy atom. The molecule has 1 aliphatic rings. The van der Waals surface area contributed by atoms with Crippen LogP contribution in [-0.2, 0) is 6.42 Å². The quantitative estimate of drug-likeness (QED) is 0.538. The number of amides is 2. The number of nitrogens with one attached hydrogen (secondary N) is 2. The van der Waals surface area contributed by atoms with Crippen LogP contribution in [0.15, 0.2) is 52.2 Å². The average Bonchev–Trinajstić information content (AvgIpc) is 3.13. The van der Waals surface area contributed by atoms with Gasteiger partial charge in [-0.3, -0.25) is 14.6 Å². The Labute approximate surface area is 188 Å². The highest BCUT2D eigenvalue weighted by atomic mass is 35.5. The van der Waals surface area contributed by atoms with Crippen molar-refractivity contribution in [3.05, 3.63) is 81.0 Å². The van der Waals surface area contributed by atoms with E-state index >= 15 is 0 Å². The highest BCUT2D eigenvalue weighted by Gasteiger charge is 2.28. The summed E-state index contributed by atoms with van der Waals surface area (Å²) in [4.78, 5) is 29.1. The fourth-order valence-electron chi connectivity index (χ4n) is 3.46. The summed E-state index contributed by atoms with van der Waals surface area (Å²) in [5.74, 6) is 0.0481. The number of carbonyl (C=O) groups excluding carboxylic acids is 2. The second-order valence-corrected chi connectivity index (χ2v) is 7.79. The standard InChI is InChI=1S/C22H18Cl2N4O3/c1-12-18-15(27-28-21(29)13-5-4-10-25-11-13)7-3-9-17(18)31-20(12)22(30)26-16-8-2-6-14(23)19(16)24/h2,4-6,8,10-11H,3,7,9H2,1H3,(H,26,30)(H,28,29)/b27-15+. The maximum atomic E-state index is 12.9. The summed E-state index contributed by atoms with van der Waals surface area (Å²) in [7, 11) is 0. The van der Waals surface area contributed by atoms with Crippen molar-refractivity contribution in [1.29, 1.82) is 0 Å². The van der Waals surface area contributed by atoms with Gasteiger partial charge in [-0.25, -0.2) is 5.43 Å².